The fourth-order valence-electron chi connectivity index (χ4n) is 3.30. The van der Waals surface area contributed by atoms with Crippen molar-refractivity contribution in [1.82, 2.24) is 4.90 Å². The van der Waals surface area contributed by atoms with Crippen LogP contribution in [0.3, 0.4) is 0 Å². The number of para-hydroxylation sites is 1. The summed E-state index contributed by atoms with van der Waals surface area (Å²) in [6.07, 6.45) is 4.05. The van der Waals surface area contributed by atoms with E-state index >= 15 is 0 Å². The average molecular weight is 370 g/mol. The van der Waals surface area contributed by atoms with Crippen molar-refractivity contribution in [2.45, 2.75) is 32.6 Å². The maximum absolute atomic E-state index is 12.8. The number of aryl methyl sites for hydroxylation is 1. The van der Waals surface area contributed by atoms with Gasteiger partial charge >= 0.3 is 5.97 Å². The lowest BCUT2D eigenvalue weighted by Gasteiger charge is -2.27. The van der Waals surface area contributed by atoms with E-state index in [4.69, 9.17) is 9.52 Å². The SMILES string of the molecule is Cc1coc(CC(=O)O)c1C(=O)Nc1ccccc1C(=O)N1CCCCC1. The second-order valence-electron chi connectivity index (χ2n) is 6.64. The predicted molar refractivity (Wildman–Crippen MR) is 98.9 cm³/mol. The van der Waals surface area contributed by atoms with Crippen LogP contribution >= 0.6 is 0 Å². The van der Waals surface area contributed by atoms with Gasteiger partial charge in [0.15, 0.2) is 0 Å². The molecule has 2 aromatic rings. The van der Waals surface area contributed by atoms with Crippen molar-refractivity contribution >= 4 is 23.5 Å². The van der Waals surface area contributed by atoms with E-state index in [0.717, 1.165) is 19.3 Å². The third kappa shape index (κ3) is 4.19. The summed E-state index contributed by atoms with van der Waals surface area (Å²) in [7, 11) is 0. The highest BCUT2D eigenvalue weighted by Gasteiger charge is 2.24. The van der Waals surface area contributed by atoms with E-state index < -0.39 is 11.9 Å². The molecule has 1 aliphatic rings. The zero-order chi connectivity index (χ0) is 19.4. The number of hydrogen-bond donors (Lipinski definition) is 2. The Bertz CT molecular complexity index is 865. The number of carbonyl (C=O) groups is 3. The quantitative estimate of drug-likeness (QED) is 0.842. The van der Waals surface area contributed by atoms with Gasteiger partial charge in [-0.1, -0.05) is 12.1 Å². The first kappa shape index (κ1) is 18.7. The van der Waals surface area contributed by atoms with Gasteiger partial charge in [-0.15, -0.1) is 0 Å². The van der Waals surface area contributed by atoms with Crippen molar-refractivity contribution in [2.24, 2.45) is 0 Å². The number of carboxylic acid groups (broad SMARTS) is 1. The first-order chi connectivity index (χ1) is 13.0. The number of aliphatic carboxylic acids is 1. The van der Waals surface area contributed by atoms with Crippen LogP contribution in [0, 0.1) is 6.92 Å². The normalized spacial score (nSPS) is 14.0. The fourth-order valence-corrected chi connectivity index (χ4v) is 3.30. The summed E-state index contributed by atoms with van der Waals surface area (Å²) in [4.78, 5) is 38.4. The van der Waals surface area contributed by atoms with Crippen molar-refractivity contribution in [3.63, 3.8) is 0 Å². The number of rotatable bonds is 5. The van der Waals surface area contributed by atoms with E-state index in [1.165, 1.54) is 6.26 Å². The molecule has 0 aliphatic carbocycles. The molecule has 1 saturated heterocycles. The van der Waals surface area contributed by atoms with Crippen LogP contribution in [0.25, 0.3) is 0 Å². The zero-order valence-electron chi connectivity index (χ0n) is 15.2. The summed E-state index contributed by atoms with van der Waals surface area (Å²) in [6, 6.07) is 6.85. The number of nitrogens with zero attached hydrogens (tertiary/aromatic N) is 1. The van der Waals surface area contributed by atoms with Gasteiger partial charge in [-0.25, -0.2) is 0 Å². The molecule has 0 radical (unpaired) electrons. The molecule has 1 aromatic carbocycles. The molecule has 1 aliphatic heterocycles. The number of nitrogens with one attached hydrogen (secondary N) is 1. The molecule has 2 heterocycles. The largest absolute Gasteiger partial charge is 0.481 e. The zero-order valence-corrected chi connectivity index (χ0v) is 15.2. The van der Waals surface area contributed by atoms with Crippen LogP contribution in [0.2, 0.25) is 0 Å². The molecule has 2 amide bonds. The monoisotopic (exact) mass is 370 g/mol. The summed E-state index contributed by atoms with van der Waals surface area (Å²) in [6.45, 7) is 3.10. The molecule has 3 rings (SSSR count). The van der Waals surface area contributed by atoms with E-state index in [0.29, 0.717) is 29.9 Å². The third-order valence-corrected chi connectivity index (χ3v) is 4.64. The summed E-state index contributed by atoms with van der Waals surface area (Å²) >= 11 is 0. The number of benzene rings is 1. The summed E-state index contributed by atoms with van der Waals surface area (Å²) in [5.41, 5.74) is 1.56. The fraction of sp³-hybridized carbons (Fsp3) is 0.350. The molecule has 7 heteroatoms. The van der Waals surface area contributed by atoms with Gasteiger partial charge in [0, 0.05) is 18.7 Å². The Morgan fingerprint density at radius 2 is 1.85 bits per heavy atom. The number of anilines is 1. The van der Waals surface area contributed by atoms with Crippen molar-refractivity contribution < 1.29 is 23.9 Å². The van der Waals surface area contributed by atoms with E-state index in [-0.39, 0.29) is 23.7 Å². The number of carbonyl (C=O) groups excluding carboxylic acids is 2. The van der Waals surface area contributed by atoms with E-state index in [2.05, 4.69) is 5.32 Å². The molecule has 27 heavy (non-hydrogen) atoms. The predicted octanol–water partition coefficient (Wildman–Crippen LogP) is 3.09. The van der Waals surface area contributed by atoms with Gasteiger partial charge in [-0.05, 0) is 38.3 Å². The number of likely N-dealkylation sites (tertiary alicyclic amines) is 1. The molecular formula is C20H22N2O5. The Balaban J connectivity index is 1.84. The lowest BCUT2D eigenvalue weighted by atomic mass is 10.1. The smallest absolute Gasteiger partial charge is 0.311 e. The number of hydrogen-bond acceptors (Lipinski definition) is 4. The standard InChI is InChI=1S/C20H22N2O5/c1-13-12-27-16(11-17(23)24)18(13)19(25)21-15-8-4-3-7-14(15)20(26)22-9-5-2-6-10-22/h3-4,7-8,12H,2,5-6,9-11H2,1H3,(H,21,25)(H,23,24). The van der Waals surface area contributed by atoms with Gasteiger partial charge in [-0.3, -0.25) is 14.4 Å². The molecular weight excluding hydrogens is 348 g/mol. The number of piperidine rings is 1. The Morgan fingerprint density at radius 1 is 1.15 bits per heavy atom. The van der Waals surface area contributed by atoms with E-state index in [1.807, 2.05) is 0 Å². The Morgan fingerprint density at radius 3 is 2.56 bits per heavy atom. The molecule has 0 unspecified atom stereocenters. The highest BCUT2D eigenvalue weighted by atomic mass is 16.4. The van der Waals surface area contributed by atoms with Gasteiger partial charge in [0.1, 0.15) is 12.2 Å². The second-order valence-corrected chi connectivity index (χ2v) is 6.64. The number of amides is 2. The average Bonchev–Trinajstić information content (AvgIpc) is 3.02. The lowest BCUT2D eigenvalue weighted by Crippen LogP contribution is -2.36. The Hall–Kier alpha value is -3.09. The molecule has 0 spiro atoms. The van der Waals surface area contributed by atoms with Crippen LogP contribution in [0.5, 0.6) is 0 Å². The molecule has 2 N–H and O–H groups in total. The number of furan rings is 1. The van der Waals surface area contributed by atoms with Gasteiger partial charge in [0.05, 0.1) is 23.1 Å². The minimum Gasteiger partial charge on any atom is -0.481 e. The molecule has 142 valence electrons. The minimum absolute atomic E-state index is 0.0948. The molecule has 0 atom stereocenters. The van der Waals surface area contributed by atoms with Crippen LogP contribution in [-0.2, 0) is 11.2 Å². The van der Waals surface area contributed by atoms with Crippen LogP contribution < -0.4 is 5.32 Å². The van der Waals surface area contributed by atoms with E-state index in [1.54, 1.807) is 36.1 Å². The maximum atomic E-state index is 12.8. The molecule has 1 aromatic heterocycles. The molecule has 0 saturated carbocycles. The van der Waals surface area contributed by atoms with Crippen molar-refractivity contribution in [3.05, 3.63) is 53.0 Å². The molecule has 1 fully saturated rings. The Kier molecular flexibility index (Phi) is 5.59. The van der Waals surface area contributed by atoms with Crippen molar-refractivity contribution in [1.29, 1.82) is 0 Å². The van der Waals surface area contributed by atoms with Crippen molar-refractivity contribution in [3.8, 4) is 0 Å². The Labute approximate surface area is 157 Å². The van der Waals surface area contributed by atoms with Crippen LogP contribution in [0.15, 0.2) is 34.9 Å². The minimum atomic E-state index is -1.08. The summed E-state index contributed by atoms with van der Waals surface area (Å²) < 4.78 is 5.22. The van der Waals surface area contributed by atoms with Gasteiger partial charge in [0.2, 0.25) is 0 Å². The van der Waals surface area contributed by atoms with Crippen molar-refractivity contribution in [2.75, 3.05) is 18.4 Å². The van der Waals surface area contributed by atoms with Crippen LogP contribution in [0.4, 0.5) is 5.69 Å². The third-order valence-electron chi connectivity index (χ3n) is 4.64. The second kappa shape index (κ2) is 8.07. The first-order valence-corrected chi connectivity index (χ1v) is 8.96. The van der Waals surface area contributed by atoms with Gasteiger partial charge < -0.3 is 19.7 Å². The topological polar surface area (TPSA) is 99.8 Å². The highest BCUT2D eigenvalue weighted by molar-refractivity contribution is 6.10. The summed E-state index contributed by atoms with van der Waals surface area (Å²) in [5, 5.41) is 11.7. The van der Waals surface area contributed by atoms with Crippen LogP contribution in [0.1, 0.15) is 51.3 Å². The highest BCUT2D eigenvalue weighted by Crippen LogP contribution is 2.23. The maximum Gasteiger partial charge on any atom is 0.311 e. The summed E-state index contributed by atoms with van der Waals surface area (Å²) in [5.74, 6) is -1.59. The number of carboxylic acids is 1. The van der Waals surface area contributed by atoms with Crippen LogP contribution in [-0.4, -0.2) is 40.9 Å². The van der Waals surface area contributed by atoms with E-state index in [9.17, 15) is 14.4 Å². The van der Waals surface area contributed by atoms with Gasteiger partial charge in [0.25, 0.3) is 11.8 Å². The molecule has 7 nitrogen and oxygen atoms in total. The molecule has 0 bridgehead atoms. The van der Waals surface area contributed by atoms with Gasteiger partial charge in [-0.2, -0.15) is 0 Å². The lowest BCUT2D eigenvalue weighted by molar-refractivity contribution is -0.136. The first-order valence-electron chi connectivity index (χ1n) is 8.96.